The molecule has 74 heavy (non-hydrogen) atoms. The second-order valence-corrected chi connectivity index (χ2v) is 13.8. The zero-order valence-electron chi connectivity index (χ0n) is 34.4. The highest BCUT2D eigenvalue weighted by Gasteiger charge is 2.62. The average molecular weight is 1130 g/mol. The lowest BCUT2D eigenvalue weighted by Crippen LogP contribution is -2.66. The number of carbonyl (C=O) groups is 7. The summed E-state index contributed by atoms with van der Waals surface area (Å²) >= 11 is 0. The first-order valence-electron chi connectivity index (χ1n) is 18.4. The Labute approximate surface area is 391 Å². The Kier molecular flexibility index (Phi) is 19.1. The molecule has 2 aliphatic rings. The van der Waals surface area contributed by atoms with Crippen LogP contribution in [0.15, 0.2) is 30.3 Å². The van der Waals surface area contributed by atoms with E-state index in [0.29, 0.717) is 0 Å². The largest absolute Gasteiger partial charge is 0.490 e. The fourth-order valence-corrected chi connectivity index (χ4v) is 5.59. The summed E-state index contributed by atoms with van der Waals surface area (Å²) in [7, 11) is 0. The molecule has 2 heterocycles. The number of nitrogens with zero attached hydrogens (tertiary/aromatic N) is 1. The highest BCUT2D eigenvalue weighted by atomic mass is 19.4. The standard InChI is InChI=1S/C34H20F21NO18/c35-28(36,37)21(57)65-8-12-14(70-23(59)30(41,42)43)15(71-24(60)31(44,45)46)17(73-26(62)33(50,51)52)19(67-12)64-7-11-13(69-22(58)29(38,39)40)16(72-25(61)32(47,48)49)18(74-27(63)34(53,54)55)20(68-11)66-10(6-56)9-4-2-1-3-5-9/h1-5,10-20H,7-8H2. The summed E-state index contributed by atoms with van der Waals surface area (Å²) in [6, 6.07) is 6.33. The molecule has 19 nitrogen and oxygen atoms in total. The highest BCUT2D eigenvalue weighted by Crippen LogP contribution is 2.39. The van der Waals surface area contributed by atoms with Gasteiger partial charge < -0.3 is 52.1 Å². The van der Waals surface area contributed by atoms with Gasteiger partial charge >= 0.3 is 85.0 Å². The Morgan fingerprint density at radius 1 is 0.432 bits per heavy atom. The lowest BCUT2D eigenvalue weighted by molar-refractivity contribution is -0.346. The summed E-state index contributed by atoms with van der Waals surface area (Å²) < 4.78 is 330. The van der Waals surface area contributed by atoms with Crippen LogP contribution >= 0.6 is 0 Å². The third kappa shape index (κ3) is 16.7. The van der Waals surface area contributed by atoms with Crippen molar-refractivity contribution in [1.29, 1.82) is 5.26 Å². The van der Waals surface area contributed by atoms with E-state index in [1.165, 1.54) is 12.1 Å². The van der Waals surface area contributed by atoms with Gasteiger partial charge in [-0.1, -0.05) is 30.3 Å². The minimum Gasteiger partial charge on any atom is -0.456 e. The van der Waals surface area contributed by atoms with E-state index in [2.05, 4.69) is 33.2 Å². The van der Waals surface area contributed by atoms with Crippen molar-refractivity contribution in [3.63, 3.8) is 0 Å². The number of carbonyl (C=O) groups excluding carboxylic acids is 7. The summed E-state index contributed by atoms with van der Waals surface area (Å²) in [4.78, 5) is 84.0. The summed E-state index contributed by atoms with van der Waals surface area (Å²) in [6.45, 7) is -4.96. The van der Waals surface area contributed by atoms with E-state index >= 15 is 0 Å². The molecule has 0 aliphatic carbocycles. The molecular formula is C34H20F21NO18. The number of esters is 7. The maximum atomic E-state index is 13.7. The Bertz CT molecular complexity index is 2240. The van der Waals surface area contributed by atoms with Crippen LogP contribution in [0.25, 0.3) is 0 Å². The normalized spacial score (nSPS) is 25.5. The molecular weight excluding hydrogens is 1110 g/mol. The second-order valence-electron chi connectivity index (χ2n) is 13.8. The molecule has 0 aromatic heterocycles. The first-order chi connectivity index (χ1) is 33.5. The van der Waals surface area contributed by atoms with Crippen molar-refractivity contribution in [2.24, 2.45) is 0 Å². The molecule has 0 radical (unpaired) electrons. The van der Waals surface area contributed by atoms with Crippen molar-refractivity contribution in [3.8, 4) is 6.07 Å². The molecule has 3 rings (SSSR count). The quantitative estimate of drug-likeness (QED) is 0.139. The van der Waals surface area contributed by atoms with E-state index in [1.807, 2.05) is 0 Å². The average Bonchev–Trinajstić information content (AvgIpc) is 3.24. The van der Waals surface area contributed by atoms with Gasteiger partial charge in [0, 0.05) is 0 Å². The number of halogens is 21. The molecule has 0 saturated carbocycles. The van der Waals surface area contributed by atoms with Crippen molar-refractivity contribution < 1.29 is 178 Å². The highest BCUT2D eigenvalue weighted by molar-refractivity contribution is 5.79. The van der Waals surface area contributed by atoms with Crippen LogP contribution in [0.3, 0.4) is 0 Å². The lowest BCUT2D eigenvalue weighted by Gasteiger charge is -2.46. The predicted octanol–water partition coefficient (Wildman–Crippen LogP) is 4.68. The number of hydrogen-bond acceptors (Lipinski definition) is 19. The number of nitriles is 1. The maximum absolute atomic E-state index is 13.7. The van der Waals surface area contributed by atoms with Gasteiger partial charge in [0.05, 0.1) is 12.7 Å². The van der Waals surface area contributed by atoms with Crippen LogP contribution < -0.4 is 0 Å². The Hall–Kier alpha value is -6.63. The van der Waals surface area contributed by atoms with Crippen molar-refractivity contribution in [2.75, 3.05) is 13.2 Å². The maximum Gasteiger partial charge on any atom is 0.490 e. The lowest BCUT2D eigenvalue weighted by atomic mass is 9.97. The molecule has 1 aromatic carbocycles. The smallest absolute Gasteiger partial charge is 0.456 e. The van der Waals surface area contributed by atoms with Gasteiger partial charge in [0.25, 0.3) is 0 Å². The number of alkyl halides is 21. The number of hydrogen-bond donors (Lipinski definition) is 0. The molecule has 2 fully saturated rings. The van der Waals surface area contributed by atoms with E-state index in [9.17, 15) is 131 Å². The van der Waals surface area contributed by atoms with Crippen LogP contribution in [0, 0.1) is 11.3 Å². The van der Waals surface area contributed by atoms with Gasteiger partial charge in [-0.25, -0.2) is 33.6 Å². The monoisotopic (exact) mass is 1130 g/mol. The summed E-state index contributed by atoms with van der Waals surface area (Å²) in [5, 5.41) is 9.79. The van der Waals surface area contributed by atoms with Crippen LogP contribution in [0.1, 0.15) is 11.7 Å². The van der Waals surface area contributed by atoms with Crippen molar-refractivity contribution in [2.45, 2.75) is 111 Å². The third-order valence-corrected chi connectivity index (χ3v) is 8.55. The van der Waals surface area contributed by atoms with E-state index in [-0.39, 0.29) is 0 Å². The molecule has 0 N–H and O–H groups in total. The van der Waals surface area contributed by atoms with Crippen molar-refractivity contribution in [1.82, 2.24) is 0 Å². The van der Waals surface area contributed by atoms with Gasteiger partial charge in [0.1, 0.15) is 18.8 Å². The molecule has 40 heteroatoms. The minimum absolute atomic E-state index is 0.482. The van der Waals surface area contributed by atoms with E-state index in [4.69, 9.17) is 18.9 Å². The fourth-order valence-electron chi connectivity index (χ4n) is 5.59. The number of benzene rings is 1. The van der Waals surface area contributed by atoms with Crippen LogP contribution in [0.5, 0.6) is 0 Å². The summed E-state index contributed by atoms with van der Waals surface area (Å²) in [5.74, 6) is -25.9. The zero-order chi connectivity index (χ0) is 56.9. The minimum atomic E-state index is -6.51. The zero-order valence-corrected chi connectivity index (χ0v) is 34.4. The summed E-state index contributed by atoms with van der Waals surface area (Å²) in [5.41, 5.74) is -0.482. The molecule has 0 amide bonds. The molecule has 0 bridgehead atoms. The second kappa shape index (κ2) is 22.9. The molecule has 11 unspecified atom stereocenters. The van der Waals surface area contributed by atoms with Gasteiger partial charge in [0.2, 0.25) is 6.29 Å². The Balaban J connectivity index is 2.42. The first-order valence-corrected chi connectivity index (χ1v) is 18.4. The Morgan fingerprint density at radius 3 is 1.07 bits per heavy atom. The Morgan fingerprint density at radius 2 is 0.730 bits per heavy atom. The predicted molar refractivity (Wildman–Crippen MR) is 172 cm³/mol. The molecule has 1 aromatic rings. The fraction of sp³-hybridized carbons (Fsp3) is 0.588. The molecule has 2 saturated heterocycles. The number of rotatable bonds is 14. The molecule has 2 aliphatic heterocycles. The van der Waals surface area contributed by atoms with E-state index < -0.39 is 171 Å². The van der Waals surface area contributed by atoms with Gasteiger partial charge in [-0.2, -0.15) is 97.5 Å². The van der Waals surface area contributed by atoms with Gasteiger partial charge in [-0.15, -0.1) is 0 Å². The molecule has 416 valence electrons. The topological polar surface area (TPSA) is 245 Å². The van der Waals surface area contributed by atoms with Gasteiger partial charge in [-0.05, 0) is 5.56 Å². The SMILES string of the molecule is N#CC(OC1OC(COC2OC(COC(=O)C(F)(F)F)C(OC(=O)C(F)(F)F)C(OC(=O)C(F)(F)F)C2OC(=O)C(F)(F)F)C(OC(=O)C(F)(F)F)C(OC(=O)C(F)(F)F)C1OC(=O)C(F)(F)F)c1ccccc1. The van der Waals surface area contributed by atoms with Gasteiger partial charge in [0.15, 0.2) is 49.0 Å². The van der Waals surface area contributed by atoms with Gasteiger partial charge in [-0.3, -0.25) is 0 Å². The van der Waals surface area contributed by atoms with Crippen LogP contribution in [-0.2, 0) is 85.7 Å². The number of ether oxygens (including phenoxy) is 11. The van der Waals surface area contributed by atoms with Crippen LogP contribution in [0.4, 0.5) is 92.2 Å². The summed E-state index contributed by atoms with van der Waals surface area (Å²) in [6.07, 6.45) is -84.8. The third-order valence-electron chi connectivity index (χ3n) is 8.55. The first kappa shape index (κ1) is 61.7. The van der Waals surface area contributed by atoms with E-state index in [0.717, 1.165) is 24.3 Å². The van der Waals surface area contributed by atoms with Crippen molar-refractivity contribution >= 4 is 41.8 Å². The van der Waals surface area contributed by atoms with Crippen LogP contribution in [0.2, 0.25) is 0 Å². The molecule has 11 atom stereocenters. The van der Waals surface area contributed by atoms with Crippen molar-refractivity contribution in [3.05, 3.63) is 35.9 Å². The van der Waals surface area contributed by atoms with E-state index in [1.54, 1.807) is 0 Å². The molecule has 0 spiro atoms. The van der Waals surface area contributed by atoms with Crippen LogP contribution in [-0.4, -0.2) is 160 Å².